The number of carbonyl (C=O) groups excluding carboxylic acids is 1. The Bertz CT molecular complexity index is 944. The minimum absolute atomic E-state index is 0.0184. The molecular weight excluding hydrogens is 398 g/mol. The van der Waals surface area contributed by atoms with Crippen LogP contribution in [-0.4, -0.2) is 32.9 Å². The molecule has 0 atom stereocenters. The van der Waals surface area contributed by atoms with Gasteiger partial charge in [-0.25, -0.2) is 0 Å². The van der Waals surface area contributed by atoms with Crippen molar-refractivity contribution in [1.82, 2.24) is 14.8 Å². The van der Waals surface area contributed by atoms with Gasteiger partial charge in [-0.15, -0.1) is 10.2 Å². The maximum atomic E-state index is 12.4. The normalized spacial score (nSPS) is 10.7. The SMILES string of the molecule is CCOc1ccc(C(=O)CSc2nnc(COc3ccccc3Cl)n2C)cc1. The molecule has 0 N–H and O–H groups in total. The minimum Gasteiger partial charge on any atom is -0.494 e. The molecule has 0 amide bonds. The fourth-order valence-electron chi connectivity index (χ4n) is 2.42. The van der Waals surface area contributed by atoms with Crippen LogP contribution in [0.4, 0.5) is 0 Å². The van der Waals surface area contributed by atoms with Crippen molar-refractivity contribution in [2.24, 2.45) is 7.05 Å². The van der Waals surface area contributed by atoms with Crippen LogP contribution in [0.5, 0.6) is 11.5 Å². The highest BCUT2D eigenvalue weighted by molar-refractivity contribution is 7.99. The number of hydrogen-bond acceptors (Lipinski definition) is 6. The van der Waals surface area contributed by atoms with Crippen LogP contribution in [0.1, 0.15) is 23.1 Å². The van der Waals surface area contributed by atoms with E-state index in [9.17, 15) is 4.79 Å². The van der Waals surface area contributed by atoms with Gasteiger partial charge in [-0.1, -0.05) is 35.5 Å². The second-order valence-electron chi connectivity index (χ2n) is 5.85. The molecule has 0 aliphatic heterocycles. The Labute approximate surface area is 172 Å². The van der Waals surface area contributed by atoms with Crippen LogP contribution in [0.2, 0.25) is 5.02 Å². The molecule has 0 spiro atoms. The molecule has 0 saturated carbocycles. The van der Waals surface area contributed by atoms with Crippen molar-refractivity contribution in [2.45, 2.75) is 18.7 Å². The highest BCUT2D eigenvalue weighted by Gasteiger charge is 2.13. The summed E-state index contributed by atoms with van der Waals surface area (Å²) < 4.78 is 12.9. The van der Waals surface area contributed by atoms with Crippen molar-refractivity contribution in [1.29, 1.82) is 0 Å². The second kappa shape index (κ2) is 9.61. The van der Waals surface area contributed by atoms with E-state index in [0.29, 0.717) is 33.9 Å². The summed E-state index contributed by atoms with van der Waals surface area (Å²) in [5, 5.41) is 9.48. The topological polar surface area (TPSA) is 66.2 Å². The van der Waals surface area contributed by atoms with Crippen molar-refractivity contribution in [3.8, 4) is 11.5 Å². The molecule has 2 aromatic carbocycles. The summed E-state index contributed by atoms with van der Waals surface area (Å²) in [6.07, 6.45) is 0. The number of Topliss-reactive ketones (excluding diaryl/α,β-unsaturated/α-hetero) is 1. The molecule has 1 aromatic heterocycles. The molecule has 146 valence electrons. The van der Waals surface area contributed by atoms with Gasteiger partial charge in [0.05, 0.1) is 17.4 Å². The maximum Gasteiger partial charge on any atom is 0.191 e. The minimum atomic E-state index is 0.0184. The number of hydrogen-bond donors (Lipinski definition) is 0. The number of halogens is 1. The zero-order valence-electron chi connectivity index (χ0n) is 15.6. The lowest BCUT2D eigenvalue weighted by Gasteiger charge is -2.08. The molecule has 0 saturated heterocycles. The van der Waals surface area contributed by atoms with Crippen LogP contribution in [0.25, 0.3) is 0 Å². The number of nitrogens with zero attached hydrogens (tertiary/aromatic N) is 3. The molecule has 0 radical (unpaired) electrons. The molecule has 1 heterocycles. The van der Waals surface area contributed by atoms with E-state index >= 15 is 0 Å². The van der Waals surface area contributed by atoms with E-state index in [1.165, 1.54) is 11.8 Å². The second-order valence-corrected chi connectivity index (χ2v) is 7.20. The molecule has 6 nitrogen and oxygen atoms in total. The molecule has 0 bridgehead atoms. The quantitative estimate of drug-likeness (QED) is 0.379. The third-order valence-electron chi connectivity index (χ3n) is 3.94. The predicted molar refractivity (Wildman–Crippen MR) is 109 cm³/mol. The average Bonchev–Trinajstić information content (AvgIpc) is 3.06. The zero-order valence-corrected chi connectivity index (χ0v) is 17.2. The zero-order chi connectivity index (χ0) is 19.9. The number of thioether (sulfide) groups is 1. The highest BCUT2D eigenvalue weighted by Crippen LogP contribution is 2.24. The number of aromatic nitrogens is 3. The van der Waals surface area contributed by atoms with Gasteiger partial charge >= 0.3 is 0 Å². The van der Waals surface area contributed by atoms with E-state index in [0.717, 1.165) is 5.75 Å². The standard InChI is InChI=1S/C20H20ClN3O3S/c1-3-26-15-10-8-14(9-11-15)17(25)13-28-20-23-22-19(24(20)2)12-27-18-7-5-4-6-16(18)21/h4-11H,3,12-13H2,1-2H3. The van der Waals surface area contributed by atoms with Gasteiger partial charge in [-0.3, -0.25) is 4.79 Å². The number of benzene rings is 2. The summed E-state index contributed by atoms with van der Waals surface area (Å²) in [5.41, 5.74) is 0.639. The van der Waals surface area contributed by atoms with Gasteiger partial charge in [0.15, 0.2) is 16.8 Å². The van der Waals surface area contributed by atoms with Gasteiger partial charge < -0.3 is 14.0 Å². The summed E-state index contributed by atoms with van der Waals surface area (Å²) in [5.74, 6) is 2.28. The monoisotopic (exact) mass is 417 g/mol. The fraction of sp³-hybridized carbons (Fsp3) is 0.250. The maximum absolute atomic E-state index is 12.4. The van der Waals surface area contributed by atoms with Crippen molar-refractivity contribution in [2.75, 3.05) is 12.4 Å². The molecule has 0 aliphatic carbocycles. The fourth-order valence-corrected chi connectivity index (χ4v) is 3.43. The lowest BCUT2D eigenvalue weighted by Crippen LogP contribution is -2.06. The van der Waals surface area contributed by atoms with Crippen LogP contribution in [-0.2, 0) is 13.7 Å². The van der Waals surface area contributed by atoms with Gasteiger partial charge in [0.25, 0.3) is 0 Å². The van der Waals surface area contributed by atoms with E-state index in [4.69, 9.17) is 21.1 Å². The summed E-state index contributed by atoms with van der Waals surface area (Å²) in [7, 11) is 1.84. The summed E-state index contributed by atoms with van der Waals surface area (Å²) in [4.78, 5) is 12.4. The lowest BCUT2D eigenvalue weighted by atomic mass is 10.1. The molecule has 28 heavy (non-hydrogen) atoms. The van der Waals surface area contributed by atoms with E-state index < -0.39 is 0 Å². The molecule has 3 aromatic rings. The molecular formula is C20H20ClN3O3S. The number of para-hydroxylation sites is 1. The largest absolute Gasteiger partial charge is 0.494 e. The Kier molecular flexibility index (Phi) is 6.95. The molecule has 3 rings (SSSR count). The van der Waals surface area contributed by atoms with Gasteiger partial charge in [-0.2, -0.15) is 0 Å². The van der Waals surface area contributed by atoms with Crippen molar-refractivity contribution >= 4 is 29.1 Å². The van der Waals surface area contributed by atoms with Gasteiger partial charge in [0, 0.05) is 12.6 Å². The average molecular weight is 418 g/mol. The van der Waals surface area contributed by atoms with Crippen molar-refractivity contribution in [3.05, 3.63) is 64.9 Å². The van der Waals surface area contributed by atoms with Crippen molar-refractivity contribution < 1.29 is 14.3 Å². The van der Waals surface area contributed by atoms with Gasteiger partial charge in [-0.05, 0) is 43.3 Å². The van der Waals surface area contributed by atoms with E-state index in [1.807, 2.05) is 30.7 Å². The first kappa shape index (κ1) is 20.2. The number of rotatable bonds is 9. The molecule has 0 unspecified atom stereocenters. The lowest BCUT2D eigenvalue weighted by molar-refractivity contribution is 0.102. The molecule has 8 heteroatoms. The molecule has 0 aliphatic rings. The van der Waals surface area contributed by atoms with Gasteiger partial charge in [0.1, 0.15) is 18.1 Å². The smallest absolute Gasteiger partial charge is 0.191 e. The first-order chi connectivity index (χ1) is 13.6. The number of carbonyl (C=O) groups is 1. The first-order valence-electron chi connectivity index (χ1n) is 8.73. The van der Waals surface area contributed by atoms with E-state index in [2.05, 4.69) is 10.2 Å². The van der Waals surface area contributed by atoms with Crippen LogP contribution in [0.15, 0.2) is 53.7 Å². The third-order valence-corrected chi connectivity index (χ3v) is 5.27. The molecule has 0 fully saturated rings. The van der Waals surface area contributed by atoms with E-state index in [1.54, 1.807) is 36.4 Å². The third kappa shape index (κ3) is 5.05. The Balaban J connectivity index is 1.56. The van der Waals surface area contributed by atoms with E-state index in [-0.39, 0.29) is 18.1 Å². The number of ketones is 1. The predicted octanol–water partition coefficient (Wildman–Crippen LogP) is 4.42. The van der Waals surface area contributed by atoms with Crippen LogP contribution in [0, 0.1) is 0 Å². The van der Waals surface area contributed by atoms with Gasteiger partial charge in [0.2, 0.25) is 0 Å². The summed E-state index contributed by atoms with van der Waals surface area (Å²) in [6, 6.07) is 14.4. The van der Waals surface area contributed by atoms with Crippen LogP contribution < -0.4 is 9.47 Å². The summed E-state index contributed by atoms with van der Waals surface area (Å²) >= 11 is 7.43. The summed E-state index contributed by atoms with van der Waals surface area (Å²) in [6.45, 7) is 2.75. The Hall–Kier alpha value is -2.51. The Morgan fingerprint density at radius 3 is 2.57 bits per heavy atom. The van der Waals surface area contributed by atoms with Crippen molar-refractivity contribution in [3.63, 3.8) is 0 Å². The van der Waals surface area contributed by atoms with Crippen LogP contribution in [0.3, 0.4) is 0 Å². The Morgan fingerprint density at radius 2 is 1.86 bits per heavy atom. The Morgan fingerprint density at radius 1 is 1.11 bits per heavy atom. The highest BCUT2D eigenvalue weighted by atomic mass is 35.5. The first-order valence-corrected chi connectivity index (χ1v) is 10.1. The number of ether oxygens (including phenoxy) is 2. The van der Waals surface area contributed by atoms with Crippen LogP contribution >= 0.6 is 23.4 Å².